The number of benzene rings is 1. The molecule has 0 saturated carbocycles. The fourth-order valence-corrected chi connectivity index (χ4v) is 3.49. The number of aromatic amines is 1. The van der Waals surface area contributed by atoms with Crippen molar-refractivity contribution in [1.29, 1.82) is 0 Å². The van der Waals surface area contributed by atoms with Gasteiger partial charge < -0.3 is 4.52 Å². The minimum Gasteiger partial charge on any atom is -0.361 e. The highest BCUT2D eigenvalue weighted by atomic mass is 16.5. The summed E-state index contributed by atoms with van der Waals surface area (Å²) in [5.74, 6) is 3.18. The highest BCUT2D eigenvalue weighted by molar-refractivity contribution is 5.53. The third-order valence-electron chi connectivity index (χ3n) is 5.07. The number of H-pyrrole nitrogens is 1. The van der Waals surface area contributed by atoms with Crippen molar-refractivity contribution >= 4 is 0 Å². The van der Waals surface area contributed by atoms with E-state index in [-0.39, 0.29) is 0 Å². The van der Waals surface area contributed by atoms with Crippen LogP contribution in [0.3, 0.4) is 0 Å². The van der Waals surface area contributed by atoms with Crippen molar-refractivity contribution in [2.24, 2.45) is 0 Å². The number of aromatic nitrogens is 4. The summed E-state index contributed by atoms with van der Waals surface area (Å²) in [7, 11) is 0. The molecule has 1 N–H and O–H groups in total. The molecule has 0 unspecified atom stereocenters. The first kappa shape index (κ1) is 16.0. The number of aryl methyl sites for hydroxylation is 2. The van der Waals surface area contributed by atoms with Crippen LogP contribution >= 0.6 is 0 Å². The Kier molecular flexibility index (Phi) is 4.36. The molecule has 4 rings (SSSR count). The van der Waals surface area contributed by atoms with Crippen LogP contribution in [0.1, 0.15) is 41.6 Å². The van der Waals surface area contributed by atoms with E-state index in [1.165, 1.54) is 5.56 Å². The quantitative estimate of drug-likeness (QED) is 0.789. The van der Waals surface area contributed by atoms with Gasteiger partial charge in [0.05, 0.1) is 5.69 Å². The van der Waals surface area contributed by atoms with E-state index in [2.05, 4.69) is 20.3 Å². The average Bonchev–Trinajstić information content (AvgIpc) is 3.26. The van der Waals surface area contributed by atoms with Gasteiger partial charge in [0.2, 0.25) is 0 Å². The smallest absolute Gasteiger partial charge is 0.181 e. The van der Waals surface area contributed by atoms with Gasteiger partial charge in [-0.25, -0.2) is 4.98 Å². The summed E-state index contributed by atoms with van der Waals surface area (Å²) in [4.78, 5) is 7.19. The lowest BCUT2D eigenvalue weighted by Gasteiger charge is -2.30. The van der Waals surface area contributed by atoms with E-state index < -0.39 is 0 Å². The zero-order valence-corrected chi connectivity index (χ0v) is 14.7. The van der Waals surface area contributed by atoms with Crippen molar-refractivity contribution in [3.8, 4) is 11.4 Å². The second kappa shape index (κ2) is 6.80. The Balaban J connectivity index is 1.38. The van der Waals surface area contributed by atoms with Crippen LogP contribution in [0.4, 0.5) is 0 Å². The van der Waals surface area contributed by atoms with Gasteiger partial charge in [-0.05, 0) is 39.8 Å². The molecule has 1 saturated heterocycles. The molecule has 0 atom stereocenters. The fourth-order valence-electron chi connectivity index (χ4n) is 3.49. The van der Waals surface area contributed by atoms with Crippen LogP contribution in [-0.2, 0) is 6.54 Å². The Hall–Kier alpha value is -2.47. The number of rotatable bonds is 4. The van der Waals surface area contributed by atoms with E-state index in [1.54, 1.807) is 0 Å². The number of nitrogens with one attached hydrogen (secondary N) is 1. The first-order chi connectivity index (χ1) is 12.2. The van der Waals surface area contributed by atoms with E-state index in [4.69, 9.17) is 9.51 Å². The lowest BCUT2D eigenvalue weighted by atomic mass is 9.95. The molecule has 0 aliphatic carbocycles. The first-order valence-corrected chi connectivity index (χ1v) is 8.82. The molecule has 0 bridgehead atoms. The molecule has 3 aromatic rings. The molecule has 0 spiro atoms. The highest BCUT2D eigenvalue weighted by Gasteiger charge is 2.24. The Morgan fingerprint density at radius 2 is 1.92 bits per heavy atom. The second-order valence-electron chi connectivity index (χ2n) is 6.76. The predicted molar refractivity (Wildman–Crippen MR) is 95.0 cm³/mol. The Morgan fingerprint density at radius 3 is 2.60 bits per heavy atom. The summed E-state index contributed by atoms with van der Waals surface area (Å²) < 4.78 is 5.27. The molecule has 3 heterocycles. The van der Waals surface area contributed by atoms with Crippen LogP contribution in [0.2, 0.25) is 0 Å². The normalized spacial score (nSPS) is 16.4. The summed E-state index contributed by atoms with van der Waals surface area (Å²) in [6.45, 7) is 7.02. The predicted octanol–water partition coefficient (Wildman–Crippen LogP) is 3.46. The summed E-state index contributed by atoms with van der Waals surface area (Å²) in [5, 5.41) is 11.6. The third kappa shape index (κ3) is 3.35. The second-order valence-corrected chi connectivity index (χ2v) is 6.76. The van der Waals surface area contributed by atoms with Gasteiger partial charge in [-0.15, -0.1) is 0 Å². The number of nitrogens with zero attached hydrogens (tertiary/aromatic N) is 4. The zero-order valence-electron chi connectivity index (χ0n) is 14.7. The molecule has 1 aliphatic heterocycles. The van der Waals surface area contributed by atoms with Crippen molar-refractivity contribution < 1.29 is 4.52 Å². The molecule has 6 heteroatoms. The monoisotopic (exact) mass is 337 g/mol. The minimum absolute atomic E-state index is 0.450. The lowest BCUT2D eigenvalue weighted by Crippen LogP contribution is -2.33. The van der Waals surface area contributed by atoms with Crippen LogP contribution in [0.5, 0.6) is 0 Å². The van der Waals surface area contributed by atoms with Gasteiger partial charge in [0, 0.05) is 23.6 Å². The molecule has 25 heavy (non-hydrogen) atoms. The molecule has 1 fully saturated rings. The van der Waals surface area contributed by atoms with Crippen molar-refractivity contribution in [3.05, 3.63) is 53.2 Å². The van der Waals surface area contributed by atoms with Gasteiger partial charge in [-0.3, -0.25) is 10.00 Å². The maximum atomic E-state index is 5.27. The molecule has 130 valence electrons. The number of hydrogen-bond acceptors (Lipinski definition) is 5. The summed E-state index contributed by atoms with van der Waals surface area (Å²) in [5.41, 5.74) is 3.28. The van der Waals surface area contributed by atoms with Gasteiger partial charge >= 0.3 is 0 Å². The lowest BCUT2D eigenvalue weighted by molar-refractivity contribution is 0.200. The summed E-state index contributed by atoms with van der Waals surface area (Å²) >= 11 is 0. The SMILES string of the molecule is Cc1noc(C)c1CN1CCC(c2nc(-c3ccccc3)n[nH]2)CC1. The van der Waals surface area contributed by atoms with Gasteiger partial charge in [0.25, 0.3) is 0 Å². The molecule has 6 nitrogen and oxygen atoms in total. The van der Waals surface area contributed by atoms with Crippen LogP contribution in [0, 0.1) is 13.8 Å². The van der Waals surface area contributed by atoms with Gasteiger partial charge in [-0.1, -0.05) is 35.5 Å². The molecule has 0 amide bonds. The fraction of sp³-hybridized carbons (Fsp3) is 0.421. The summed E-state index contributed by atoms with van der Waals surface area (Å²) in [6, 6.07) is 10.1. The Morgan fingerprint density at radius 1 is 1.16 bits per heavy atom. The van der Waals surface area contributed by atoms with Crippen molar-refractivity contribution in [2.75, 3.05) is 13.1 Å². The van der Waals surface area contributed by atoms with Crippen LogP contribution in [0.15, 0.2) is 34.9 Å². The minimum atomic E-state index is 0.450. The molecule has 1 aromatic carbocycles. The molecule has 2 aromatic heterocycles. The van der Waals surface area contributed by atoms with E-state index in [0.717, 1.165) is 61.1 Å². The molecule has 0 radical (unpaired) electrons. The summed E-state index contributed by atoms with van der Waals surface area (Å²) in [6.07, 6.45) is 2.18. The van der Waals surface area contributed by atoms with Gasteiger partial charge in [0.1, 0.15) is 11.6 Å². The average molecular weight is 337 g/mol. The van der Waals surface area contributed by atoms with E-state index >= 15 is 0 Å². The molecular formula is C19H23N5O. The van der Waals surface area contributed by atoms with E-state index in [0.29, 0.717) is 5.92 Å². The van der Waals surface area contributed by atoms with Crippen molar-refractivity contribution in [2.45, 2.75) is 39.2 Å². The highest BCUT2D eigenvalue weighted by Crippen LogP contribution is 2.28. The first-order valence-electron chi connectivity index (χ1n) is 8.82. The van der Waals surface area contributed by atoms with Crippen LogP contribution in [0.25, 0.3) is 11.4 Å². The maximum absolute atomic E-state index is 5.27. The standard InChI is InChI=1S/C19H23N5O/c1-13-17(14(2)25-23-13)12-24-10-8-16(9-11-24)19-20-18(21-22-19)15-6-4-3-5-7-15/h3-7,16H,8-12H2,1-2H3,(H,20,21,22). The van der Waals surface area contributed by atoms with E-state index in [9.17, 15) is 0 Å². The Bertz CT molecular complexity index is 811. The van der Waals surface area contributed by atoms with Crippen LogP contribution < -0.4 is 0 Å². The van der Waals surface area contributed by atoms with Crippen molar-refractivity contribution in [3.63, 3.8) is 0 Å². The third-order valence-corrected chi connectivity index (χ3v) is 5.07. The number of likely N-dealkylation sites (tertiary alicyclic amines) is 1. The molecular weight excluding hydrogens is 314 g/mol. The van der Waals surface area contributed by atoms with Gasteiger partial charge in [-0.2, -0.15) is 5.10 Å². The van der Waals surface area contributed by atoms with Crippen molar-refractivity contribution in [1.82, 2.24) is 25.2 Å². The number of piperidine rings is 1. The largest absolute Gasteiger partial charge is 0.361 e. The topological polar surface area (TPSA) is 70.8 Å². The maximum Gasteiger partial charge on any atom is 0.181 e. The molecule has 1 aliphatic rings. The number of hydrogen-bond donors (Lipinski definition) is 1. The van der Waals surface area contributed by atoms with E-state index in [1.807, 2.05) is 44.2 Å². The van der Waals surface area contributed by atoms with Crippen LogP contribution in [-0.4, -0.2) is 38.3 Å². The van der Waals surface area contributed by atoms with Gasteiger partial charge in [0.15, 0.2) is 5.82 Å². The zero-order chi connectivity index (χ0) is 17.2. The Labute approximate surface area is 147 Å².